The first kappa shape index (κ1) is 18.7. The number of hydrogen-bond donors (Lipinski definition) is 2. The van der Waals surface area contributed by atoms with E-state index in [1.165, 1.54) is 19.1 Å². The average molecular weight is 374 g/mol. The van der Waals surface area contributed by atoms with Crippen LogP contribution in [0, 0.1) is 17.5 Å². The molecule has 0 fully saturated rings. The first-order valence-corrected chi connectivity index (χ1v) is 8.36. The molecule has 0 spiro atoms. The van der Waals surface area contributed by atoms with E-state index in [-0.39, 0.29) is 5.75 Å². The van der Waals surface area contributed by atoms with Gasteiger partial charge in [-0.2, -0.15) is 0 Å². The molecule has 1 atom stereocenters. The SMILES string of the molecule is C[C@@H](Oc1ccc(F)cc1)C(=O)NNS(=O)(=O)c1ccc(F)cc1F. The van der Waals surface area contributed by atoms with Crippen LogP contribution in [-0.4, -0.2) is 20.4 Å². The summed E-state index contributed by atoms with van der Waals surface area (Å²) in [6.07, 6.45) is -1.13. The highest BCUT2D eigenvalue weighted by molar-refractivity contribution is 7.89. The number of halogens is 3. The molecular formula is C15H13F3N2O4S. The molecule has 0 bridgehead atoms. The Bertz CT molecular complexity index is 873. The zero-order chi connectivity index (χ0) is 18.6. The number of benzene rings is 2. The van der Waals surface area contributed by atoms with Crippen LogP contribution in [0.25, 0.3) is 0 Å². The molecule has 0 unspecified atom stereocenters. The van der Waals surface area contributed by atoms with Gasteiger partial charge >= 0.3 is 0 Å². The molecule has 10 heteroatoms. The van der Waals surface area contributed by atoms with E-state index in [9.17, 15) is 26.4 Å². The van der Waals surface area contributed by atoms with Gasteiger partial charge in [-0.25, -0.2) is 21.6 Å². The molecule has 2 rings (SSSR count). The van der Waals surface area contributed by atoms with Crippen LogP contribution in [-0.2, 0) is 14.8 Å². The van der Waals surface area contributed by atoms with Crippen molar-refractivity contribution in [3.8, 4) is 5.75 Å². The highest BCUT2D eigenvalue weighted by Crippen LogP contribution is 2.15. The van der Waals surface area contributed by atoms with Crippen molar-refractivity contribution in [2.45, 2.75) is 17.9 Å². The predicted molar refractivity (Wildman–Crippen MR) is 81.3 cm³/mol. The molecule has 1 amide bonds. The predicted octanol–water partition coefficient (Wildman–Crippen LogP) is 1.88. The Morgan fingerprint density at radius 3 is 2.24 bits per heavy atom. The van der Waals surface area contributed by atoms with Gasteiger partial charge in [-0.3, -0.25) is 10.2 Å². The van der Waals surface area contributed by atoms with Gasteiger partial charge < -0.3 is 4.74 Å². The highest BCUT2D eigenvalue weighted by atomic mass is 32.2. The third kappa shape index (κ3) is 4.94. The third-order valence-electron chi connectivity index (χ3n) is 2.99. The second kappa shape index (κ2) is 7.53. The summed E-state index contributed by atoms with van der Waals surface area (Å²) >= 11 is 0. The average Bonchev–Trinajstić information content (AvgIpc) is 2.54. The summed E-state index contributed by atoms with van der Waals surface area (Å²) in [7, 11) is -4.44. The van der Waals surface area contributed by atoms with Crippen molar-refractivity contribution in [1.82, 2.24) is 10.3 Å². The highest BCUT2D eigenvalue weighted by Gasteiger charge is 2.22. The second-order valence-corrected chi connectivity index (χ2v) is 6.53. The van der Waals surface area contributed by atoms with Crippen LogP contribution in [0.2, 0.25) is 0 Å². The number of sulfonamides is 1. The van der Waals surface area contributed by atoms with Gasteiger partial charge in [0.05, 0.1) is 0 Å². The van der Waals surface area contributed by atoms with E-state index >= 15 is 0 Å². The fourth-order valence-electron chi connectivity index (χ4n) is 1.74. The lowest BCUT2D eigenvalue weighted by Crippen LogP contribution is -2.47. The molecule has 0 aliphatic carbocycles. The summed E-state index contributed by atoms with van der Waals surface area (Å²) in [5.74, 6) is -3.43. The Labute approximate surface area is 141 Å². The maximum atomic E-state index is 13.5. The summed E-state index contributed by atoms with van der Waals surface area (Å²) in [5, 5.41) is 0. The number of carbonyl (C=O) groups is 1. The maximum absolute atomic E-state index is 13.5. The van der Waals surface area contributed by atoms with Crippen LogP contribution in [0.1, 0.15) is 6.92 Å². The minimum absolute atomic E-state index is 0.191. The first-order valence-electron chi connectivity index (χ1n) is 6.88. The summed E-state index contributed by atoms with van der Waals surface area (Å²) in [5.41, 5.74) is 1.86. The molecule has 2 N–H and O–H groups in total. The Morgan fingerprint density at radius 2 is 1.64 bits per heavy atom. The topological polar surface area (TPSA) is 84.5 Å². The monoisotopic (exact) mass is 374 g/mol. The number of carbonyl (C=O) groups excluding carboxylic acids is 1. The molecule has 2 aromatic rings. The third-order valence-corrected chi connectivity index (χ3v) is 4.27. The van der Waals surface area contributed by atoms with Crippen LogP contribution in [0.3, 0.4) is 0 Å². The van der Waals surface area contributed by atoms with E-state index in [2.05, 4.69) is 0 Å². The zero-order valence-electron chi connectivity index (χ0n) is 12.8. The summed E-state index contributed by atoms with van der Waals surface area (Å²) in [6.45, 7) is 1.32. The van der Waals surface area contributed by atoms with Gasteiger partial charge in [0.15, 0.2) is 6.10 Å². The van der Waals surface area contributed by atoms with Crippen molar-refractivity contribution >= 4 is 15.9 Å². The van der Waals surface area contributed by atoms with Crippen molar-refractivity contribution in [2.24, 2.45) is 0 Å². The lowest BCUT2D eigenvalue weighted by Gasteiger charge is -2.15. The van der Waals surface area contributed by atoms with E-state index in [4.69, 9.17) is 4.74 Å². The van der Waals surface area contributed by atoms with Gasteiger partial charge in [-0.1, -0.05) is 0 Å². The van der Waals surface area contributed by atoms with Gasteiger partial charge in [-0.15, -0.1) is 4.83 Å². The number of amides is 1. The van der Waals surface area contributed by atoms with Gasteiger partial charge in [0.25, 0.3) is 15.9 Å². The van der Waals surface area contributed by atoms with Crippen LogP contribution < -0.4 is 15.0 Å². The van der Waals surface area contributed by atoms with Crippen molar-refractivity contribution in [3.63, 3.8) is 0 Å². The summed E-state index contributed by atoms with van der Waals surface area (Å²) in [4.78, 5) is 12.7. The van der Waals surface area contributed by atoms with Gasteiger partial charge in [-0.05, 0) is 43.3 Å². The van der Waals surface area contributed by atoms with Gasteiger partial charge in [0, 0.05) is 6.07 Å². The molecule has 0 saturated carbocycles. The largest absolute Gasteiger partial charge is 0.481 e. The van der Waals surface area contributed by atoms with E-state index in [1.807, 2.05) is 5.43 Å². The van der Waals surface area contributed by atoms with Crippen LogP contribution in [0.15, 0.2) is 47.4 Å². The normalized spacial score (nSPS) is 12.5. The Hall–Kier alpha value is -2.59. The van der Waals surface area contributed by atoms with E-state index in [0.29, 0.717) is 6.07 Å². The maximum Gasteiger partial charge on any atom is 0.275 e. The quantitative estimate of drug-likeness (QED) is 0.757. The minimum Gasteiger partial charge on any atom is -0.481 e. The summed E-state index contributed by atoms with van der Waals surface area (Å²) < 4.78 is 68.2. The van der Waals surface area contributed by atoms with E-state index in [0.717, 1.165) is 24.3 Å². The number of hydrazine groups is 1. The molecule has 0 radical (unpaired) electrons. The molecule has 0 aliphatic rings. The molecular weight excluding hydrogens is 361 g/mol. The number of rotatable bonds is 6. The molecule has 0 saturated heterocycles. The molecule has 25 heavy (non-hydrogen) atoms. The van der Waals surface area contributed by atoms with E-state index < -0.39 is 44.4 Å². The van der Waals surface area contributed by atoms with Gasteiger partial charge in [0.1, 0.15) is 28.1 Å². The van der Waals surface area contributed by atoms with Crippen LogP contribution in [0.5, 0.6) is 5.75 Å². The molecule has 2 aromatic carbocycles. The van der Waals surface area contributed by atoms with Crippen LogP contribution >= 0.6 is 0 Å². The minimum atomic E-state index is -4.44. The van der Waals surface area contributed by atoms with Crippen molar-refractivity contribution < 1.29 is 31.1 Å². The first-order chi connectivity index (χ1) is 11.7. The molecule has 6 nitrogen and oxygen atoms in total. The van der Waals surface area contributed by atoms with Gasteiger partial charge in [0.2, 0.25) is 0 Å². The number of ether oxygens (including phenoxy) is 1. The molecule has 0 aromatic heterocycles. The Balaban J connectivity index is 1.99. The molecule has 0 aliphatic heterocycles. The smallest absolute Gasteiger partial charge is 0.275 e. The lowest BCUT2D eigenvalue weighted by atomic mass is 10.3. The van der Waals surface area contributed by atoms with Crippen molar-refractivity contribution in [1.29, 1.82) is 0 Å². The fraction of sp³-hybridized carbons (Fsp3) is 0.133. The fourth-order valence-corrected chi connectivity index (χ4v) is 2.65. The van der Waals surface area contributed by atoms with E-state index in [1.54, 1.807) is 4.83 Å². The van der Waals surface area contributed by atoms with Crippen LogP contribution in [0.4, 0.5) is 13.2 Å². The molecule has 134 valence electrons. The van der Waals surface area contributed by atoms with Crippen molar-refractivity contribution in [2.75, 3.05) is 0 Å². The van der Waals surface area contributed by atoms with Crippen molar-refractivity contribution in [3.05, 3.63) is 59.9 Å². The Kier molecular flexibility index (Phi) is 5.65. The molecule has 0 heterocycles. The lowest BCUT2D eigenvalue weighted by molar-refractivity contribution is -0.127. The zero-order valence-corrected chi connectivity index (χ0v) is 13.6. The number of hydrogen-bond acceptors (Lipinski definition) is 4. The second-order valence-electron chi connectivity index (χ2n) is 4.88. The Morgan fingerprint density at radius 1 is 1.04 bits per heavy atom. The standard InChI is InChI=1S/C15H13F3N2O4S/c1-9(24-12-5-2-10(16)3-6-12)15(21)19-20-25(22,23)14-7-4-11(17)8-13(14)18/h2-9,20H,1H3,(H,19,21)/t9-/m1/s1. The number of nitrogens with one attached hydrogen (secondary N) is 2. The summed E-state index contributed by atoms with van der Waals surface area (Å²) in [6, 6.07) is 6.71.